The summed E-state index contributed by atoms with van der Waals surface area (Å²) in [5.74, 6) is 0.471. The predicted molar refractivity (Wildman–Crippen MR) is 80.5 cm³/mol. The molecule has 1 aliphatic heterocycles. The van der Waals surface area contributed by atoms with Crippen LogP contribution >= 0.6 is 0 Å². The Kier molecular flexibility index (Phi) is 4.62. The molecule has 0 aliphatic carbocycles. The molecule has 8 heteroatoms. The van der Waals surface area contributed by atoms with Gasteiger partial charge in [-0.1, -0.05) is 0 Å². The van der Waals surface area contributed by atoms with E-state index in [2.05, 4.69) is 0 Å². The molecule has 1 aliphatic rings. The third kappa shape index (κ3) is 2.76. The van der Waals surface area contributed by atoms with E-state index < -0.39 is 16.1 Å². The van der Waals surface area contributed by atoms with Crippen molar-refractivity contribution in [3.63, 3.8) is 0 Å². The molecule has 1 aromatic rings. The highest BCUT2D eigenvalue weighted by molar-refractivity contribution is 7.89. The summed E-state index contributed by atoms with van der Waals surface area (Å²) >= 11 is 0. The first kappa shape index (κ1) is 16.6. The highest BCUT2D eigenvalue weighted by Crippen LogP contribution is 2.32. The number of benzene rings is 1. The highest BCUT2D eigenvalue weighted by Gasteiger charge is 2.39. The molecule has 1 unspecified atom stereocenters. The first-order chi connectivity index (χ1) is 10.3. The van der Waals surface area contributed by atoms with Crippen LogP contribution in [0.2, 0.25) is 0 Å². The van der Waals surface area contributed by atoms with E-state index in [9.17, 15) is 13.2 Å². The molecule has 22 heavy (non-hydrogen) atoms. The quantitative estimate of drug-likeness (QED) is 0.807. The lowest BCUT2D eigenvalue weighted by Gasteiger charge is -2.36. The second-order valence-electron chi connectivity index (χ2n) is 5.07. The number of methoxy groups -OCH3 is 2. The van der Waals surface area contributed by atoms with E-state index >= 15 is 0 Å². The topological polar surface area (TPSA) is 76.2 Å². The van der Waals surface area contributed by atoms with Crippen molar-refractivity contribution < 1.29 is 22.7 Å². The summed E-state index contributed by atoms with van der Waals surface area (Å²) in [6.45, 7) is 2.20. The van der Waals surface area contributed by atoms with Crippen molar-refractivity contribution in [2.45, 2.75) is 17.9 Å². The van der Waals surface area contributed by atoms with Crippen molar-refractivity contribution in [2.75, 3.05) is 34.4 Å². The molecule has 2 rings (SSSR count). The average molecular weight is 328 g/mol. The molecule has 0 spiro atoms. The number of amides is 1. The van der Waals surface area contributed by atoms with Gasteiger partial charge in [-0.25, -0.2) is 8.42 Å². The molecule has 122 valence electrons. The van der Waals surface area contributed by atoms with Crippen LogP contribution in [0.3, 0.4) is 0 Å². The second-order valence-corrected chi connectivity index (χ2v) is 6.93. The van der Waals surface area contributed by atoms with Gasteiger partial charge < -0.3 is 14.4 Å². The molecule has 1 saturated heterocycles. The number of carbonyl (C=O) groups excluding carboxylic acids is 1. The van der Waals surface area contributed by atoms with E-state index in [-0.39, 0.29) is 23.1 Å². The zero-order chi connectivity index (χ0) is 16.5. The molecule has 0 radical (unpaired) electrons. The van der Waals surface area contributed by atoms with E-state index in [0.717, 1.165) is 0 Å². The summed E-state index contributed by atoms with van der Waals surface area (Å²) in [7, 11) is 0.719. The summed E-state index contributed by atoms with van der Waals surface area (Å²) in [5, 5.41) is 0. The van der Waals surface area contributed by atoms with E-state index in [1.165, 1.54) is 35.6 Å². The van der Waals surface area contributed by atoms with Crippen molar-refractivity contribution in [3.05, 3.63) is 18.2 Å². The number of rotatable bonds is 4. The van der Waals surface area contributed by atoms with Gasteiger partial charge in [0.2, 0.25) is 15.9 Å². The maximum atomic E-state index is 12.9. The number of likely N-dealkylation sites (N-methyl/N-ethyl adjacent to an activating group) is 1. The first-order valence-electron chi connectivity index (χ1n) is 6.81. The molecule has 0 N–H and O–H groups in total. The minimum Gasteiger partial charge on any atom is -0.497 e. The van der Waals surface area contributed by atoms with Gasteiger partial charge in [-0.05, 0) is 19.1 Å². The molecule has 1 fully saturated rings. The Morgan fingerprint density at radius 2 is 1.86 bits per heavy atom. The third-order valence-electron chi connectivity index (χ3n) is 3.78. The van der Waals surface area contributed by atoms with Gasteiger partial charge >= 0.3 is 0 Å². The lowest BCUT2D eigenvalue weighted by molar-refractivity contribution is -0.136. The van der Waals surface area contributed by atoms with Crippen molar-refractivity contribution in [1.82, 2.24) is 9.21 Å². The van der Waals surface area contributed by atoms with E-state index in [4.69, 9.17) is 9.47 Å². The number of nitrogens with zero attached hydrogens (tertiary/aromatic N) is 2. The van der Waals surface area contributed by atoms with Gasteiger partial charge in [0.25, 0.3) is 0 Å². The Balaban J connectivity index is 2.44. The maximum Gasteiger partial charge on any atom is 0.247 e. The Hall–Kier alpha value is -1.80. The molecule has 1 atom stereocenters. The van der Waals surface area contributed by atoms with Gasteiger partial charge in [-0.2, -0.15) is 4.31 Å². The van der Waals surface area contributed by atoms with Gasteiger partial charge in [0, 0.05) is 26.2 Å². The summed E-state index contributed by atoms with van der Waals surface area (Å²) in [4.78, 5) is 13.6. The van der Waals surface area contributed by atoms with Gasteiger partial charge in [0.15, 0.2) is 0 Å². The third-order valence-corrected chi connectivity index (χ3v) is 5.79. The zero-order valence-electron chi connectivity index (χ0n) is 13.1. The Morgan fingerprint density at radius 3 is 2.45 bits per heavy atom. The summed E-state index contributed by atoms with van der Waals surface area (Å²) in [6, 6.07) is 3.76. The van der Waals surface area contributed by atoms with Crippen LogP contribution in [0.15, 0.2) is 23.1 Å². The zero-order valence-corrected chi connectivity index (χ0v) is 13.9. The molecule has 0 aromatic heterocycles. The number of carbonyl (C=O) groups is 1. The summed E-state index contributed by atoms with van der Waals surface area (Å²) in [5.41, 5.74) is 0. The minimum atomic E-state index is -3.83. The van der Waals surface area contributed by atoms with E-state index in [1.807, 2.05) is 0 Å². The largest absolute Gasteiger partial charge is 0.497 e. The number of piperazine rings is 1. The standard InChI is InChI=1S/C14H20N2O5S/c1-10-14(17)15(2)7-8-16(10)22(18,19)13-6-5-11(20-3)9-12(13)21-4/h5-6,9-10H,7-8H2,1-4H3. The van der Waals surface area contributed by atoms with Crippen LogP contribution in [0.4, 0.5) is 0 Å². The second kappa shape index (κ2) is 6.13. The normalized spacial score (nSPS) is 20.1. The lowest BCUT2D eigenvalue weighted by Crippen LogP contribution is -2.56. The number of ether oxygens (including phenoxy) is 2. The van der Waals surface area contributed by atoms with Crippen LogP contribution in [0.1, 0.15) is 6.92 Å². The molecular weight excluding hydrogens is 308 g/mol. The van der Waals surface area contributed by atoms with Crippen molar-refractivity contribution >= 4 is 15.9 Å². The van der Waals surface area contributed by atoms with Crippen molar-refractivity contribution in [3.8, 4) is 11.5 Å². The van der Waals surface area contributed by atoms with Crippen LogP contribution in [0, 0.1) is 0 Å². The lowest BCUT2D eigenvalue weighted by atomic mass is 10.2. The number of sulfonamides is 1. The monoisotopic (exact) mass is 328 g/mol. The molecule has 7 nitrogen and oxygen atoms in total. The van der Waals surface area contributed by atoms with E-state index in [1.54, 1.807) is 20.0 Å². The average Bonchev–Trinajstić information content (AvgIpc) is 2.51. The van der Waals surface area contributed by atoms with Crippen LogP contribution in [-0.2, 0) is 14.8 Å². The minimum absolute atomic E-state index is 0.0278. The summed E-state index contributed by atoms with van der Waals surface area (Å²) in [6.07, 6.45) is 0. The molecular formula is C14H20N2O5S. The molecule has 1 aromatic carbocycles. The smallest absolute Gasteiger partial charge is 0.247 e. The molecule has 1 amide bonds. The van der Waals surface area contributed by atoms with Gasteiger partial charge in [0.05, 0.1) is 14.2 Å². The number of hydrogen-bond donors (Lipinski definition) is 0. The van der Waals surface area contributed by atoms with Crippen LogP contribution in [0.25, 0.3) is 0 Å². The molecule has 1 heterocycles. The van der Waals surface area contributed by atoms with Gasteiger partial charge in [0.1, 0.15) is 22.4 Å². The van der Waals surface area contributed by atoms with E-state index in [0.29, 0.717) is 12.3 Å². The summed E-state index contributed by atoms with van der Waals surface area (Å²) < 4.78 is 37.2. The maximum absolute atomic E-state index is 12.9. The SMILES string of the molecule is COc1ccc(S(=O)(=O)N2CCN(C)C(=O)C2C)c(OC)c1. The van der Waals surface area contributed by atoms with Crippen LogP contribution in [-0.4, -0.2) is 63.9 Å². The predicted octanol–water partition coefficient (Wildman–Crippen LogP) is 0.555. The number of hydrogen-bond acceptors (Lipinski definition) is 5. The first-order valence-corrected chi connectivity index (χ1v) is 8.25. The van der Waals surface area contributed by atoms with Crippen molar-refractivity contribution in [2.24, 2.45) is 0 Å². The fourth-order valence-electron chi connectivity index (χ4n) is 2.44. The van der Waals surface area contributed by atoms with Crippen LogP contribution < -0.4 is 9.47 Å². The Labute approximate surface area is 130 Å². The fraction of sp³-hybridized carbons (Fsp3) is 0.500. The highest BCUT2D eigenvalue weighted by atomic mass is 32.2. The van der Waals surface area contributed by atoms with Gasteiger partial charge in [-0.3, -0.25) is 4.79 Å². The molecule has 0 saturated carbocycles. The van der Waals surface area contributed by atoms with Gasteiger partial charge in [-0.15, -0.1) is 0 Å². The Morgan fingerprint density at radius 1 is 1.18 bits per heavy atom. The molecule has 0 bridgehead atoms. The fourth-order valence-corrected chi connectivity index (χ4v) is 4.15. The van der Waals surface area contributed by atoms with Crippen molar-refractivity contribution in [1.29, 1.82) is 0 Å². The van der Waals surface area contributed by atoms with Crippen LogP contribution in [0.5, 0.6) is 11.5 Å². The Bertz CT molecular complexity index is 674.